The third kappa shape index (κ3) is 4.13. The van der Waals surface area contributed by atoms with E-state index in [0.29, 0.717) is 29.6 Å². The smallest absolute Gasteiger partial charge is 0.259 e. The lowest BCUT2D eigenvalue weighted by Crippen LogP contribution is -2.28. The number of aromatic amines is 2. The van der Waals surface area contributed by atoms with E-state index in [1.54, 1.807) is 18.2 Å². The van der Waals surface area contributed by atoms with Crippen molar-refractivity contribution in [1.82, 2.24) is 15.3 Å². The fourth-order valence-corrected chi connectivity index (χ4v) is 2.65. The van der Waals surface area contributed by atoms with Crippen LogP contribution in [-0.2, 0) is 0 Å². The maximum atomic E-state index is 12.2. The van der Waals surface area contributed by atoms with Crippen LogP contribution in [0.4, 0.5) is 0 Å². The van der Waals surface area contributed by atoms with Crippen molar-refractivity contribution in [3.63, 3.8) is 0 Å². The fraction of sp³-hybridized carbons (Fsp3) is 0.167. The maximum absolute atomic E-state index is 12.2. The highest BCUT2D eigenvalue weighted by Gasteiger charge is 2.08. The largest absolute Gasteiger partial charge is 0.492 e. The summed E-state index contributed by atoms with van der Waals surface area (Å²) in [6.07, 6.45) is 0. The monoisotopic (exact) mass is 355 g/mol. The molecule has 1 heterocycles. The number of aromatic nitrogens is 2. The quantitative estimate of drug-likeness (QED) is 0.485. The van der Waals surface area contributed by atoms with Gasteiger partial charge in [0.15, 0.2) is 4.77 Å². The summed E-state index contributed by atoms with van der Waals surface area (Å²) in [6.45, 7) is 2.73. The summed E-state index contributed by atoms with van der Waals surface area (Å²) in [5.41, 5.74) is 1.80. The number of aryl methyl sites for hydroxylation is 1. The molecule has 1 amide bonds. The van der Waals surface area contributed by atoms with Crippen LogP contribution >= 0.6 is 12.2 Å². The minimum absolute atomic E-state index is 0.224. The number of carbonyl (C=O) groups excluding carboxylic acids is 1. The fourth-order valence-electron chi connectivity index (χ4n) is 2.45. The Bertz CT molecular complexity index is 1040. The Morgan fingerprint density at radius 3 is 2.84 bits per heavy atom. The summed E-state index contributed by atoms with van der Waals surface area (Å²) in [4.78, 5) is 29.4. The Kier molecular flexibility index (Phi) is 4.95. The first-order valence-electron chi connectivity index (χ1n) is 7.77. The molecule has 0 unspecified atom stereocenters. The van der Waals surface area contributed by atoms with Crippen LogP contribution in [0.3, 0.4) is 0 Å². The van der Waals surface area contributed by atoms with E-state index in [2.05, 4.69) is 15.3 Å². The van der Waals surface area contributed by atoms with E-state index >= 15 is 0 Å². The summed E-state index contributed by atoms with van der Waals surface area (Å²) in [6, 6.07) is 12.5. The van der Waals surface area contributed by atoms with Gasteiger partial charge in [-0.3, -0.25) is 14.6 Å². The number of hydrogen-bond acceptors (Lipinski definition) is 4. The molecule has 0 saturated carbocycles. The first kappa shape index (κ1) is 16.9. The van der Waals surface area contributed by atoms with Crippen molar-refractivity contribution < 1.29 is 9.53 Å². The van der Waals surface area contributed by atoms with E-state index in [1.807, 2.05) is 31.2 Å². The van der Waals surface area contributed by atoms with E-state index in [1.165, 1.54) is 0 Å². The second-order valence-corrected chi connectivity index (χ2v) is 6.00. The molecule has 0 bridgehead atoms. The van der Waals surface area contributed by atoms with Gasteiger partial charge in [0.05, 0.1) is 17.4 Å². The Hall–Kier alpha value is -2.93. The van der Waals surface area contributed by atoms with E-state index in [9.17, 15) is 9.59 Å². The topological polar surface area (TPSA) is 87.0 Å². The predicted octanol–water partition coefficient (Wildman–Crippen LogP) is 2.70. The number of rotatable bonds is 5. The lowest BCUT2D eigenvalue weighted by atomic mass is 10.1. The average Bonchev–Trinajstić information content (AvgIpc) is 2.58. The molecule has 25 heavy (non-hydrogen) atoms. The van der Waals surface area contributed by atoms with Crippen LogP contribution in [0.5, 0.6) is 5.75 Å². The third-order valence-electron chi connectivity index (χ3n) is 3.65. The van der Waals surface area contributed by atoms with Crippen molar-refractivity contribution in [2.75, 3.05) is 13.2 Å². The van der Waals surface area contributed by atoms with Crippen LogP contribution in [0.25, 0.3) is 10.9 Å². The highest BCUT2D eigenvalue weighted by Crippen LogP contribution is 2.12. The number of fused-ring (bicyclic) bond motifs is 1. The lowest BCUT2D eigenvalue weighted by Gasteiger charge is -2.09. The van der Waals surface area contributed by atoms with Crippen molar-refractivity contribution in [2.45, 2.75) is 6.92 Å². The van der Waals surface area contributed by atoms with Crippen LogP contribution in [0.2, 0.25) is 0 Å². The molecule has 0 fully saturated rings. The molecule has 3 N–H and O–H groups in total. The van der Waals surface area contributed by atoms with Gasteiger partial charge in [0, 0.05) is 5.56 Å². The van der Waals surface area contributed by atoms with Gasteiger partial charge >= 0.3 is 0 Å². The Morgan fingerprint density at radius 1 is 1.20 bits per heavy atom. The first-order chi connectivity index (χ1) is 12.0. The molecule has 3 rings (SSSR count). The van der Waals surface area contributed by atoms with Gasteiger partial charge in [-0.2, -0.15) is 0 Å². The molecule has 0 aliphatic heterocycles. The van der Waals surface area contributed by atoms with Crippen molar-refractivity contribution >= 4 is 29.0 Å². The SMILES string of the molecule is Cc1cccc(OCCNC(=O)c2ccc3c(=O)[nH]c(=S)[nH]c3c2)c1. The van der Waals surface area contributed by atoms with Crippen molar-refractivity contribution in [2.24, 2.45) is 0 Å². The zero-order chi connectivity index (χ0) is 17.8. The summed E-state index contributed by atoms with van der Waals surface area (Å²) >= 11 is 4.95. The molecule has 0 spiro atoms. The number of amides is 1. The zero-order valence-electron chi connectivity index (χ0n) is 13.6. The minimum Gasteiger partial charge on any atom is -0.492 e. The average molecular weight is 355 g/mol. The van der Waals surface area contributed by atoms with Gasteiger partial charge in [0.1, 0.15) is 12.4 Å². The van der Waals surface area contributed by atoms with Crippen LogP contribution < -0.4 is 15.6 Å². The molecule has 1 aromatic heterocycles. The molecule has 2 aromatic carbocycles. The number of benzene rings is 2. The highest BCUT2D eigenvalue weighted by molar-refractivity contribution is 7.71. The Balaban J connectivity index is 1.62. The van der Waals surface area contributed by atoms with Gasteiger partial charge in [0.25, 0.3) is 11.5 Å². The summed E-state index contributed by atoms with van der Waals surface area (Å²) < 4.78 is 5.82. The number of carbonyl (C=O) groups is 1. The minimum atomic E-state index is -0.280. The summed E-state index contributed by atoms with van der Waals surface area (Å²) in [7, 11) is 0. The van der Waals surface area contributed by atoms with Crippen molar-refractivity contribution in [1.29, 1.82) is 0 Å². The van der Waals surface area contributed by atoms with Crippen LogP contribution in [0, 0.1) is 11.7 Å². The number of H-pyrrole nitrogens is 2. The van der Waals surface area contributed by atoms with Gasteiger partial charge in [-0.25, -0.2) is 0 Å². The van der Waals surface area contributed by atoms with Gasteiger partial charge in [-0.15, -0.1) is 0 Å². The first-order valence-corrected chi connectivity index (χ1v) is 8.18. The predicted molar refractivity (Wildman–Crippen MR) is 98.8 cm³/mol. The van der Waals surface area contributed by atoms with Gasteiger partial charge < -0.3 is 15.0 Å². The Labute approximate surface area is 148 Å². The van der Waals surface area contributed by atoms with Crippen LogP contribution in [0.1, 0.15) is 15.9 Å². The maximum Gasteiger partial charge on any atom is 0.259 e. The number of nitrogens with one attached hydrogen (secondary N) is 3. The second kappa shape index (κ2) is 7.31. The summed E-state index contributed by atoms with van der Waals surface area (Å²) in [5.74, 6) is 0.529. The van der Waals surface area contributed by atoms with Crippen molar-refractivity contribution in [3.05, 3.63) is 68.7 Å². The van der Waals surface area contributed by atoms with E-state index in [0.717, 1.165) is 11.3 Å². The molecule has 0 aliphatic rings. The second-order valence-electron chi connectivity index (χ2n) is 5.59. The molecule has 0 saturated heterocycles. The standard InChI is InChI=1S/C18H17N3O3S/c1-11-3-2-4-13(9-11)24-8-7-19-16(22)12-5-6-14-15(10-12)20-18(25)21-17(14)23/h2-6,9-10H,7-8H2,1H3,(H,19,22)(H2,20,21,23,25). The highest BCUT2D eigenvalue weighted by atomic mass is 32.1. The zero-order valence-corrected chi connectivity index (χ0v) is 14.4. The molecular formula is C18H17N3O3S. The lowest BCUT2D eigenvalue weighted by molar-refractivity contribution is 0.0947. The molecule has 128 valence electrons. The van der Waals surface area contributed by atoms with E-state index < -0.39 is 0 Å². The van der Waals surface area contributed by atoms with Gasteiger partial charge in [-0.1, -0.05) is 12.1 Å². The molecule has 0 aliphatic carbocycles. The van der Waals surface area contributed by atoms with E-state index in [-0.39, 0.29) is 16.2 Å². The van der Waals surface area contributed by atoms with Gasteiger partial charge in [0.2, 0.25) is 0 Å². The molecule has 0 radical (unpaired) electrons. The van der Waals surface area contributed by atoms with Crippen LogP contribution in [-0.4, -0.2) is 29.0 Å². The third-order valence-corrected chi connectivity index (χ3v) is 3.85. The molecule has 7 heteroatoms. The Morgan fingerprint density at radius 2 is 2.04 bits per heavy atom. The normalized spacial score (nSPS) is 10.6. The summed E-state index contributed by atoms with van der Waals surface area (Å²) in [5, 5.41) is 3.24. The number of hydrogen-bond donors (Lipinski definition) is 3. The van der Waals surface area contributed by atoms with E-state index in [4.69, 9.17) is 17.0 Å². The molecule has 3 aromatic rings. The molecular weight excluding hydrogens is 338 g/mol. The van der Waals surface area contributed by atoms with Crippen molar-refractivity contribution in [3.8, 4) is 5.75 Å². The van der Waals surface area contributed by atoms with Crippen LogP contribution in [0.15, 0.2) is 47.3 Å². The molecule has 0 atom stereocenters. The van der Waals surface area contributed by atoms with Gasteiger partial charge in [-0.05, 0) is 55.0 Å². The number of ether oxygens (including phenoxy) is 1. The molecule has 6 nitrogen and oxygen atoms in total.